The van der Waals surface area contributed by atoms with Gasteiger partial charge in [-0.25, -0.2) is 8.42 Å². The first-order valence-corrected chi connectivity index (χ1v) is 7.21. The highest BCUT2D eigenvalue weighted by molar-refractivity contribution is 7.94. The van der Waals surface area contributed by atoms with Crippen LogP contribution in [0.3, 0.4) is 0 Å². The Morgan fingerprint density at radius 1 is 1.24 bits per heavy atom. The Kier molecular flexibility index (Phi) is 3.24. The number of hydrogen-bond acceptors (Lipinski definition) is 3. The molecular formula is C13H16O3S. The van der Waals surface area contributed by atoms with Crippen molar-refractivity contribution in [2.24, 2.45) is 5.92 Å². The maximum Gasteiger partial charge on any atom is 0.203 e. The van der Waals surface area contributed by atoms with Crippen LogP contribution in [0.15, 0.2) is 46.4 Å². The van der Waals surface area contributed by atoms with Gasteiger partial charge in [-0.15, -0.1) is 0 Å². The molecule has 1 heterocycles. The van der Waals surface area contributed by atoms with Crippen LogP contribution in [0.2, 0.25) is 0 Å². The molecule has 2 atom stereocenters. The van der Waals surface area contributed by atoms with E-state index in [4.69, 9.17) is 4.74 Å². The topological polar surface area (TPSA) is 43.4 Å². The van der Waals surface area contributed by atoms with Crippen LogP contribution in [0.1, 0.15) is 20.3 Å². The second-order valence-electron chi connectivity index (χ2n) is 4.45. The van der Waals surface area contributed by atoms with E-state index < -0.39 is 9.84 Å². The summed E-state index contributed by atoms with van der Waals surface area (Å²) in [6.07, 6.45) is 0.778. The van der Waals surface area contributed by atoms with Crippen molar-refractivity contribution in [1.29, 1.82) is 0 Å². The van der Waals surface area contributed by atoms with E-state index in [1.807, 2.05) is 6.92 Å². The lowest BCUT2D eigenvalue weighted by atomic mass is 10.1. The smallest absolute Gasteiger partial charge is 0.203 e. The maximum atomic E-state index is 12.0. The molecule has 1 aliphatic heterocycles. The zero-order chi connectivity index (χ0) is 12.5. The lowest BCUT2D eigenvalue weighted by molar-refractivity contribution is 0.154. The summed E-state index contributed by atoms with van der Waals surface area (Å²) in [5.41, 5.74) is 0. The molecule has 92 valence electrons. The van der Waals surface area contributed by atoms with E-state index in [-0.39, 0.29) is 6.10 Å². The summed E-state index contributed by atoms with van der Waals surface area (Å²) in [7, 11) is -3.38. The average molecular weight is 252 g/mol. The Morgan fingerprint density at radius 2 is 1.88 bits per heavy atom. The molecular weight excluding hydrogens is 236 g/mol. The fourth-order valence-corrected chi connectivity index (χ4v) is 2.98. The van der Waals surface area contributed by atoms with Gasteiger partial charge in [0.15, 0.2) is 0 Å². The third kappa shape index (κ3) is 2.69. The second kappa shape index (κ2) is 4.53. The minimum absolute atomic E-state index is 0.0900. The lowest BCUT2D eigenvalue weighted by Gasteiger charge is -2.06. The molecule has 1 aromatic carbocycles. The number of ether oxygens (including phenoxy) is 1. The first kappa shape index (κ1) is 12.2. The summed E-state index contributed by atoms with van der Waals surface area (Å²) < 4.78 is 29.6. The quantitative estimate of drug-likeness (QED) is 0.813. The van der Waals surface area contributed by atoms with Gasteiger partial charge in [0, 0.05) is 6.42 Å². The SMILES string of the molecule is C[C@@H]1O/C(=C/S(=O)(=O)c2ccccc2)C[C@@H]1C. The number of sulfone groups is 1. The molecule has 0 bridgehead atoms. The number of hydrogen-bond donors (Lipinski definition) is 0. The largest absolute Gasteiger partial charge is 0.494 e. The fourth-order valence-electron chi connectivity index (χ4n) is 1.81. The maximum absolute atomic E-state index is 12.0. The lowest BCUT2D eigenvalue weighted by Crippen LogP contribution is -2.05. The van der Waals surface area contributed by atoms with Crippen LogP contribution in [0.4, 0.5) is 0 Å². The van der Waals surface area contributed by atoms with Crippen molar-refractivity contribution in [3.63, 3.8) is 0 Å². The molecule has 0 radical (unpaired) electrons. The van der Waals surface area contributed by atoms with Crippen LogP contribution in [0, 0.1) is 5.92 Å². The van der Waals surface area contributed by atoms with Crippen LogP contribution < -0.4 is 0 Å². The molecule has 1 saturated heterocycles. The highest BCUT2D eigenvalue weighted by Crippen LogP contribution is 2.30. The Bertz CT molecular complexity index is 505. The van der Waals surface area contributed by atoms with E-state index in [0.29, 0.717) is 23.0 Å². The monoisotopic (exact) mass is 252 g/mol. The number of rotatable bonds is 2. The molecule has 3 nitrogen and oxygen atoms in total. The summed E-state index contributed by atoms with van der Waals surface area (Å²) in [4.78, 5) is 0.309. The molecule has 4 heteroatoms. The minimum Gasteiger partial charge on any atom is -0.494 e. The summed E-state index contributed by atoms with van der Waals surface area (Å²) in [5.74, 6) is 0.932. The van der Waals surface area contributed by atoms with Gasteiger partial charge in [-0.3, -0.25) is 0 Å². The number of allylic oxidation sites excluding steroid dienone is 1. The Labute approximate surface area is 102 Å². The van der Waals surface area contributed by atoms with Gasteiger partial charge >= 0.3 is 0 Å². The van der Waals surface area contributed by atoms with Crippen LogP contribution in [0.5, 0.6) is 0 Å². The van der Waals surface area contributed by atoms with E-state index in [1.165, 1.54) is 5.41 Å². The van der Waals surface area contributed by atoms with E-state index in [9.17, 15) is 8.42 Å². The zero-order valence-electron chi connectivity index (χ0n) is 9.96. The van der Waals surface area contributed by atoms with E-state index in [2.05, 4.69) is 6.92 Å². The van der Waals surface area contributed by atoms with Gasteiger partial charge in [-0.2, -0.15) is 0 Å². The third-order valence-electron chi connectivity index (χ3n) is 3.02. The molecule has 1 aromatic rings. The molecule has 2 rings (SSSR count). The Balaban J connectivity index is 2.28. The number of benzene rings is 1. The Morgan fingerprint density at radius 3 is 2.41 bits per heavy atom. The van der Waals surface area contributed by atoms with Gasteiger partial charge in [0.05, 0.1) is 16.4 Å². The fraction of sp³-hybridized carbons (Fsp3) is 0.385. The highest BCUT2D eigenvalue weighted by Gasteiger charge is 2.26. The molecule has 0 aliphatic carbocycles. The molecule has 17 heavy (non-hydrogen) atoms. The van der Waals surface area contributed by atoms with Gasteiger partial charge < -0.3 is 4.74 Å². The van der Waals surface area contributed by atoms with Crippen molar-refractivity contribution in [3.8, 4) is 0 Å². The molecule has 0 unspecified atom stereocenters. The minimum atomic E-state index is -3.38. The molecule has 0 saturated carbocycles. The van der Waals surface area contributed by atoms with Gasteiger partial charge in [-0.05, 0) is 25.0 Å². The molecule has 0 amide bonds. The zero-order valence-corrected chi connectivity index (χ0v) is 10.8. The van der Waals surface area contributed by atoms with Crippen LogP contribution in [-0.4, -0.2) is 14.5 Å². The van der Waals surface area contributed by atoms with Crippen LogP contribution in [-0.2, 0) is 14.6 Å². The van der Waals surface area contributed by atoms with Crippen molar-refractivity contribution in [3.05, 3.63) is 41.5 Å². The summed E-state index contributed by atoms with van der Waals surface area (Å²) in [5, 5.41) is 1.25. The standard InChI is InChI=1S/C13H16O3S/c1-10-8-12(16-11(10)2)9-17(14,15)13-6-4-3-5-7-13/h3-7,9-11H,8H2,1-2H3/b12-9+/t10-,11-/m0/s1. The van der Waals surface area contributed by atoms with Gasteiger partial charge in [0.2, 0.25) is 9.84 Å². The van der Waals surface area contributed by atoms with Crippen LogP contribution in [0.25, 0.3) is 0 Å². The summed E-state index contributed by atoms with van der Waals surface area (Å²) in [6, 6.07) is 8.41. The third-order valence-corrected chi connectivity index (χ3v) is 4.52. The molecule has 1 aliphatic rings. The van der Waals surface area contributed by atoms with Crippen molar-refractivity contribution in [2.75, 3.05) is 0 Å². The van der Waals surface area contributed by atoms with E-state index >= 15 is 0 Å². The van der Waals surface area contributed by atoms with Crippen molar-refractivity contribution in [2.45, 2.75) is 31.3 Å². The predicted molar refractivity (Wildman–Crippen MR) is 66.0 cm³/mol. The van der Waals surface area contributed by atoms with Crippen molar-refractivity contribution < 1.29 is 13.2 Å². The van der Waals surface area contributed by atoms with Gasteiger partial charge in [0.1, 0.15) is 5.76 Å². The molecule has 1 fully saturated rings. The average Bonchev–Trinajstić information content (AvgIpc) is 2.58. The summed E-state index contributed by atoms with van der Waals surface area (Å²) in [6.45, 7) is 4.02. The van der Waals surface area contributed by atoms with Crippen molar-refractivity contribution in [1.82, 2.24) is 0 Å². The molecule has 0 N–H and O–H groups in total. The van der Waals surface area contributed by atoms with Crippen molar-refractivity contribution >= 4 is 9.84 Å². The Hall–Kier alpha value is -1.29. The van der Waals surface area contributed by atoms with Gasteiger partial charge in [-0.1, -0.05) is 25.1 Å². The summed E-state index contributed by atoms with van der Waals surface area (Å²) >= 11 is 0. The molecule has 0 spiro atoms. The van der Waals surface area contributed by atoms with E-state index in [1.54, 1.807) is 30.3 Å². The first-order chi connectivity index (χ1) is 7.99. The molecule has 0 aromatic heterocycles. The van der Waals surface area contributed by atoms with E-state index in [0.717, 1.165) is 0 Å². The van der Waals surface area contributed by atoms with Crippen LogP contribution >= 0.6 is 0 Å². The van der Waals surface area contributed by atoms with Gasteiger partial charge in [0.25, 0.3) is 0 Å². The predicted octanol–water partition coefficient (Wildman–Crippen LogP) is 2.75. The first-order valence-electron chi connectivity index (χ1n) is 5.66. The second-order valence-corrected chi connectivity index (χ2v) is 6.24. The highest BCUT2D eigenvalue weighted by atomic mass is 32.2. The normalized spacial score (nSPS) is 27.1.